The van der Waals surface area contributed by atoms with Crippen LogP contribution in [0.4, 0.5) is 5.82 Å². The summed E-state index contributed by atoms with van der Waals surface area (Å²) in [5.41, 5.74) is 8.26. The smallest absolute Gasteiger partial charge is 0.154 e. The molecule has 4 rings (SSSR count). The van der Waals surface area contributed by atoms with E-state index in [2.05, 4.69) is 5.32 Å². The molecule has 5 nitrogen and oxygen atoms in total. The van der Waals surface area contributed by atoms with Gasteiger partial charge in [-0.1, -0.05) is 42.7 Å². The van der Waals surface area contributed by atoms with Crippen LogP contribution in [0.1, 0.15) is 37.1 Å². The summed E-state index contributed by atoms with van der Waals surface area (Å²) in [6, 6.07) is 13.8. The predicted octanol–water partition coefficient (Wildman–Crippen LogP) is 5.99. The zero-order chi connectivity index (χ0) is 20.2. The highest BCUT2D eigenvalue weighted by atomic mass is 35.5. The molecule has 0 saturated heterocycles. The maximum absolute atomic E-state index is 6.36. The van der Waals surface area contributed by atoms with Crippen molar-refractivity contribution in [3.05, 3.63) is 58.9 Å². The van der Waals surface area contributed by atoms with Crippen molar-refractivity contribution in [1.82, 2.24) is 9.97 Å². The Hall–Kier alpha value is -2.05. The van der Waals surface area contributed by atoms with Gasteiger partial charge in [-0.2, -0.15) is 0 Å². The first-order chi connectivity index (χ1) is 14.1. The standard InChI is InChI=1S/C23H25ClN4O.2ClH/c1-29-17-11-12-20-18(14-17)23(27-21-5-3-2-4-19(21)25)28-22(26-20)13-8-15-6-9-16(24)10-7-15;;/h6-14,19,21H,2-5,25H2,1H3,(H,26,27,28);2*1H/t19-,21+;;/m1../s1. The third-order valence-electron chi connectivity index (χ3n) is 5.36. The highest BCUT2D eigenvalue weighted by Crippen LogP contribution is 2.28. The van der Waals surface area contributed by atoms with Crippen LogP contribution < -0.4 is 15.8 Å². The number of nitrogens with two attached hydrogens (primary N) is 1. The van der Waals surface area contributed by atoms with E-state index >= 15 is 0 Å². The lowest BCUT2D eigenvalue weighted by Gasteiger charge is -2.30. The molecule has 0 bridgehead atoms. The van der Waals surface area contributed by atoms with Gasteiger partial charge in [0.05, 0.1) is 12.6 Å². The van der Waals surface area contributed by atoms with Crippen molar-refractivity contribution in [3.8, 4) is 5.75 Å². The Morgan fingerprint density at radius 1 is 1.03 bits per heavy atom. The molecule has 0 radical (unpaired) electrons. The van der Waals surface area contributed by atoms with Crippen molar-refractivity contribution < 1.29 is 4.74 Å². The maximum atomic E-state index is 6.36. The summed E-state index contributed by atoms with van der Waals surface area (Å²) < 4.78 is 5.40. The molecule has 0 aliphatic heterocycles. The molecule has 1 aliphatic carbocycles. The summed E-state index contributed by atoms with van der Waals surface area (Å²) in [5.74, 6) is 2.22. The Bertz CT molecular complexity index is 1030. The third-order valence-corrected chi connectivity index (χ3v) is 5.61. The van der Waals surface area contributed by atoms with Crippen LogP contribution in [-0.2, 0) is 0 Å². The van der Waals surface area contributed by atoms with Crippen LogP contribution in [0.25, 0.3) is 23.1 Å². The number of nitrogens with one attached hydrogen (secondary N) is 1. The Labute approximate surface area is 200 Å². The maximum Gasteiger partial charge on any atom is 0.154 e. The first kappa shape index (κ1) is 25.2. The fraction of sp³-hybridized carbons (Fsp3) is 0.304. The van der Waals surface area contributed by atoms with Crippen molar-refractivity contribution in [3.63, 3.8) is 0 Å². The van der Waals surface area contributed by atoms with Gasteiger partial charge in [-0.3, -0.25) is 0 Å². The monoisotopic (exact) mass is 480 g/mol. The molecule has 2 atom stereocenters. The van der Waals surface area contributed by atoms with Crippen LogP contribution in [0.5, 0.6) is 5.75 Å². The quantitative estimate of drug-likeness (QED) is 0.468. The van der Waals surface area contributed by atoms with Gasteiger partial charge in [-0.15, -0.1) is 24.8 Å². The minimum atomic E-state index is 0. The zero-order valence-electron chi connectivity index (χ0n) is 17.3. The van der Waals surface area contributed by atoms with Gasteiger partial charge in [0.1, 0.15) is 11.6 Å². The van der Waals surface area contributed by atoms with Gasteiger partial charge in [0.2, 0.25) is 0 Å². The third kappa shape index (κ3) is 6.23. The van der Waals surface area contributed by atoms with E-state index in [1.165, 1.54) is 12.8 Å². The molecule has 1 heterocycles. The van der Waals surface area contributed by atoms with E-state index in [-0.39, 0.29) is 36.9 Å². The molecule has 3 N–H and O–H groups in total. The normalized spacial score (nSPS) is 18.3. The molecule has 1 saturated carbocycles. The number of ether oxygens (including phenoxy) is 1. The second kappa shape index (κ2) is 11.5. The van der Waals surface area contributed by atoms with Crippen molar-refractivity contribution >= 4 is 65.3 Å². The van der Waals surface area contributed by atoms with Crippen LogP contribution in [-0.4, -0.2) is 29.2 Å². The Balaban J connectivity index is 0.00000171. The predicted molar refractivity (Wildman–Crippen MR) is 135 cm³/mol. The largest absolute Gasteiger partial charge is 0.497 e. The fourth-order valence-corrected chi connectivity index (χ4v) is 3.82. The molecular formula is C23H27Cl3N4O. The summed E-state index contributed by atoms with van der Waals surface area (Å²) >= 11 is 5.97. The van der Waals surface area contributed by atoms with E-state index in [9.17, 15) is 0 Å². The van der Waals surface area contributed by atoms with E-state index in [4.69, 9.17) is 32.0 Å². The molecule has 1 aromatic heterocycles. The number of rotatable bonds is 5. The molecule has 1 fully saturated rings. The molecule has 0 amide bonds. The second-order valence-electron chi connectivity index (χ2n) is 7.40. The van der Waals surface area contributed by atoms with E-state index in [0.717, 1.165) is 40.9 Å². The molecule has 0 unspecified atom stereocenters. The van der Waals surface area contributed by atoms with E-state index in [1.54, 1.807) is 7.11 Å². The highest BCUT2D eigenvalue weighted by molar-refractivity contribution is 6.30. The van der Waals surface area contributed by atoms with Crippen molar-refractivity contribution in [2.75, 3.05) is 12.4 Å². The number of hydrogen-bond acceptors (Lipinski definition) is 5. The molecule has 0 spiro atoms. The number of aromatic nitrogens is 2. The zero-order valence-corrected chi connectivity index (χ0v) is 19.6. The average Bonchev–Trinajstić information content (AvgIpc) is 2.74. The minimum absolute atomic E-state index is 0. The minimum Gasteiger partial charge on any atom is -0.497 e. The molecule has 1 aliphatic rings. The van der Waals surface area contributed by atoms with Crippen molar-refractivity contribution in [1.29, 1.82) is 0 Å². The van der Waals surface area contributed by atoms with Gasteiger partial charge in [0.25, 0.3) is 0 Å². The Morgan fingerprint density at radius 2 is 1.77 bits per heavy atom. The van der Waals surface area contributed by atoms with Crippen LogP contribution in [0, 0.1) is 0 Å². The fourth-order valence-electron chi connectivity index (χ4n) is 3.70. The van der Waals surface area contributed by atoms with Crippen LogP contribution in [0.15, 0.2) is 42.5 Å². The second-order valence-corrected chi connectivity index (χ2v) is 7.83. The van der Waals surface area contributed by atoms with E-state index in [1.807, 2.05) is 54.6 Å². The number of nitrogens with zero attached hydrogens (tertiary/aromatic N) is 2. The number of benzene rings is 2. The first-order valence-electron chi connectivity index (χ1n) is 9.94. The van der Waals surface area contributed by atoms with Gasteiger partial charge in [-0.25, -0.2) is 9.97 Å². The number of anilines is 1. The summed E-state index contributed by atoms with van der Waals surface area (Å²) in [6.07, 6.45) is 8.35. The molecule has 3 aromatic rings. The van der Waals surface area contributed by atoms with E-state index < -0.39 is 0 Å². The lowest BCUT2D eigenvalue weighted by Crippen LogP contribution is -2.42. The van der Waals surface area contributed by atoms with Gasteiger partial charge < -0.3 is 15.8 Å². The summed E-state index contributed by atoms with van der Waals surface area (Å²) in [4.78, 5) is 9.50. The van der Waals surface area contributed by atoms with Gasteiger partial charge in [0.15, 0.2) is 5.82 Å². The summed E-state index contributed by atoms with van der Waals surface area (Å²) in [5, 5.41) is 5.24. The molecule has 2 aromatic carbocycles. The van der Waals surface area contributed by atoms with Gasteiger partial charge >= 0.3 is 0 Å². The molecule has 166 valence electrons. The van der Waals surface area contributed by atoms with Crippen LogP contribution >= 0.6 is 36.4 Å². The topological polar surface area (TPSA) is 73.1 Å². The van der Waals surface area contributed by atoms with Crippen molar-refractivity contribution in [2.24, 2.45) is 5.73 Å². The molecule has 8 heteroatoms. The van der Waals surface area contributed by atoms with E-state index in [0.29, 0.717) is 10.8 Å². The number of halogens is 3. The van der Waals surface area contributed by atoms with Gasteiger partial charge in [0, 0.05) is 22.5 Å². The van der Waals surface area contributed by atoms with Gasteiger partial charge in [-0.05, 0) is 54.8 Å². The van der Waals surface area contributed by atoms with Crippen molar-refractivity contribution in [2.45, 2.75) is 37.8 Å². The van der Waals surface area contributed by atoms with Crippen LogP contribution in [0.3, 0.4) is 0 Å². The summed E-state index contributed by atoms with van der Waals surface area (Å²) in [7, 11) is 1.66. The molecular weight excluding hydrogens is 455 g/mol. The average molecular weight is 482 g/mol. The number of hydrogen-bond donors (Lipinski definition) is 2. The lowest BCUT2D eigenvalue weighted by molar-refractivity contribution is 0.403. The SMILES string of the molecule is COc1ccc2nc(C=Cc3ccc(Cl)cc3)nc(N[C@H]3CCCC[C@H]3N)c2c1.Cl.Cl. The number of fused-ring (bicyclic) bond motifs is 1. The Kier molecular flexibility index (Phi) is 9.38. The van der Waals surface area contributed by atoms with Crippen LogP contribution in [0.2, 0.25) is 5.02 Å². The summed E-state index contributed by atoms with van der Waals surface area (Å²) in [6.45, 7) is 0. The lowest BCUT2D eigenvalue weighted by atomic mass is 9.91. The molecule has 31 heavy (non-hydrogen) atoms. The first-order valence-corrected chi connectivity index (χ1v) is 10.3. The Morgan fingerprint density at radius 3 is 2.48 bits per heavy atom. The number of methoxy groups -OCH3 is 1. The highest BCUT2D eigenvalue weighted by Gasteiger charge is 2.23.